The molecule has 0 aliphatic heterocycles. The highest BCUT2D eigenvalue weighted by Crippen LogP contribution is 2.39. The molecule has 1 aliphatic carbocycles. The summed E-state index contributed by atoms with van der Waals surface area (Å²) in [4.78, 5) is 12.6. The highest BCUT2D eigenvalue weighted by Gasteiger charge is 2.26. The number of rotatable bonds is 6. The first-order chi connectivity index (χ1) is 12.2. The van der Waals surface area contributed by atoms with Gasteiger partial charge < -0.3 is 19.5 Å². The summed E-state index contributed by atoms with van der Waals surface area (Å²) in [6, 6.07) is 11.4. The third kappa shape index (κ3) is 3.61. The van der Waals surface area contributed by atoms with E-state index < -0.39 is 0 Å². The fraction of sp³-hybridized carbons (Fsp3) is 0.350. The number of amides is 1. The van der Waals surface area contributed by atoms with Crippen LogP contribution in [0.5, 0.6) is 11.5 Å². The Labute approximate surface area is 147 Å². The lowest BCUT2D eigenvalue weighted by Crippen LogP contribution is -2.27. The zero-order valence-corrected chi connectivity index (χ0v) is 14.8. The van der Waals surface area contributed by atoms with Crippen LogP contribution in [0.15, 0.2) is 36.4 Å². The lowest BCUT2D eigenvalue weighted by molar-refractivity contribution is 0.0936. The van der Waals surface area contributed by atoms with Gasteiger partial charge in [-0.3, -0.25) is 4.79 Å². The molecule has 0 saturated carbocycles. The molecule has 5 nitrogen and oxygen atoms in total. The molecular weight excluding hydrogens is 318 g/mol. The van der Waals surface area contributed by atoms with Gasteiger partial charge in [0, 0.05) is 12.7 Å². The van der Waals surface area contributed by atoms with Crippen LogP contribution in [-0.2, 0) is 17.8 Å². The second-order valence-corrected chi connectivity index (χ2v) is 6.10. The predicted octanol–water partition coefficient (Wildman–Crippen LogP) is 3.27. The second kappa shape index (κ2) is 7.57. The molecule has 1 N–H and O–H groups in total. The minimum atomic E-state index is -0.0726. The molecule has 0 spiro atoms. The lowest BCUT2D eigenvalue weighted by atomic mass is 10.1. The van der Waals surface area contributed by atoms with Crippen molar-refractivity contribution < 1.29 is 19.0 Å². The van der Waals surface area contributed by atoms with Crippen LogP contribution in [0.3, 0.4) is 0 Å². The SMILES string of the molecule is COCc1ccc(C(=O)NC2CCc3cc(OC)c(OC)cc32)cc1. The van der Waals surface area contributed by atoms with Gasteiger partial charge >= 0.3 is 0 Å². The van der Waals surface area contributed by atoms with Gasteiger partial charge in [-0.25, -0.2) is 0 Å². The van der Waals surface area contributed by atoms with Crippen molar-refractivity contribution in [2.45, 2.75) is 25.5 Å². The zero-order valence-electron chi connectivity index (χ0n) is 14.8. The number of fused-ring (bicyclic) bond motifs is 1. The molecule has 25 heavy (non-hydrogen) atoms. The molecular formula is C20H23NO4. The molecule has 0 saturated heterocycles. The van der Waals surface area contributed by atoms with Crippen LogP contribution in [0.25, 0.3) is 0 Å². The van der Waals surface area contributed by atoms with Crippen LogP contribution in [0.1, 0.15) is 39.5 Å². The van der Waals surface area contributed by atoms with Gasteiger partial charge in [0.25, 0.3) is 5.91 Å². The Hall–Kier alpha value is -2.53. The normalized spacial score (nSPS) is 15.6. The van der Waals surface area contributed by atoms with E-state index in [-0.39, 0.29) is 11.9 Å². The molecule has 132 valence electrons. The highest BCUT2D eigenvalue weighted by molar-refractivity contribution is 5.94. The van der Waals surface area contributed by atoms with Gasteiger partial charge in [-0.2, -0.15) is 0 Å². The van der Waals surface area contributed by atoms with Crippen molar-refractivity contribution in [1.29, 1.82) is 0 Å². The van der Waals surface area contributed by atoms with Gasteiger partial charge in [-0.1, -0.05) is 12.1 Å². The molecule has 0 fully saturated rings. The third-order valence-electron chi connectivity index (χ3n) is 4.56. The van der Waals surface area contributed by atoms with Crippen LogP contribution in [0.2, 0.25) is 0 Å². The fourth-order valence-electron chi connectivity index (χ4n) is 3.24. The van der Waals surface area contributed by atoms with E-state index in [0.29, 0.717) is 17.9 Å². The van der Waals surface area contributed by atoms with Crippen LogP contribution >= 0.6 is 0 Å². The number of methoxy groups -OCH3 is 3. The number of hydrogen-bond donors (Lipinski definition) is 1. The first-order valence-electron chi connectivity index (χ1n) is 8.29. The molecule has 1 amide bonds. The maximum absolute atomic E-state index is 12.6. The Morgan fingerprint density at radius 1 is 1.08 bits per heavy atom. The molecule has 1 atom stereocenters. The van der Waals surface area contributed by atoms with Crippen molar-refractivity contribution in [3.8, 4) is 11.5 Å². The largest absolute Gasteiger partial charge is 0.493 e. The van der Waals surface area contributed by atoms with E-state index in [1.807, 2.05) is 36.4 Å². The molecule has 0 heterocycles. The summed E-state index contributed by atoms with van der Waals surface area (Å²) in [5.41, 5.74) is 3.98. The van der Waals surface area contributed by atoms with Crippen molar-refractivity contribution in [3.63, 3.8) is 0 Å². The van der Waals surface area contributed by atoms with Crippen molar-refractivity contribution in [1.82, 2.24) is 5.32 Å². The molecule has 3 rings (SSSR count). The Morgan fingerprint density at radius 2 is 1.76 bits per heavy atom. The van der Waals surface area contributed by atoms with E-state index in [9.17, 15) is 4.79 Å². The van der Waals surface area contributed by atoms with Gasteiger partial charge in [-0.15, -0.1) is 0 Å². The number of nitrogens with one attached hydrogen (secondary N) is 1. The maximum Gasteiger partial charge on any atom is 0.251 e. The molecule has 2 aromatic rings. The molecule has 1 unspecified atom stereocenters. The van der Waals surface area contributed by atoms with Gasteiger partial charge in [0.2, 0.25) is 0 Å². The molecule has 5 heteroatoms. The van der Waals surface area contributed by atoms with Crippen LogP contribution in [0.4, 0.5) is 0 Å². The average molecular weight is 341 g/mol. The van der Waals surface area contributed by atoms with Crippen LogP contribution in [-0.4, -0.2) is 27.2 Å². The summed E-state index contributed by atoms with van der Waals surface area (Å²) in [7, 11) is 4.90. The van der Waals surface area contributed by atoms with Gasteiger partial charge in [0.15, 0.2) is 11.5 Å². The molecule has 1 aliphatic rings. The van der Waals surface area contributed by atoms with Crippen molar-refractivity contribution in [3.05, 3.63) is 58.7 Å². The van der Waals surface area contributed by atoms with E-state index >= 15 is 0 Å². The monoisotopic (exact) mass is 341 g/mol. The Balaban J connectivity index is 1.76. The van der Waals surface area contributed by atoms with Crippen molar-refractivity contribution in [2.75, 3.05) is 21.3 Å². The predicted molar refractivity (Wildman–Crippen MR) is 95.2 cm³/mol. The van der Waals surface area contributed by atoms with E-state index in [2.05, 4.69) is 5.32 Å². The fourth-order valence-corrected chi connectivity index (χ4v) is 3.24. The standard InChI is InChI=1S/C20H23NO4/c1-23-12-13-4-6-14(7-5-13)20(22)21-17-9-8-15-10-18(24-2)19(25-3)11-16(15)17/h4-7,10-11,17H,8-9,12H2,1-3H3,(H,21,22). The first kappa shape index (κ1) is 17.3. The second-order valence-electron chi connectivity index (χ2n) is 6.10. The van der Waals surface area contributed by atoms with Gasteiger partial charge in [-0.05, 0) is 53.8 Å². The molecule has 2 aromatic carbocycles. The summed E-state index contributed by atoms with van der Waals surface area (Å²) in [6.45, 7) is 0.541. The molecule has 0 aromatic heterocycles. The highest BCUT2D eigenvalue weighted by atomic mass is 16.5. The number of ether oxygens (including phenoxy) is 3. The van der Waals surface area contributed by atoms with Crippen LogP contribution in [0, 0.1) is 0 Å². The number of carbonyl (C=O) groups is 1. The number of hydrogen-bond acceptors (Lipinski definition) is 4. The minimum Gasteiger partial charge on any atom is -0.493 e. The third-order valence-corrected chi connectivity index (χ3v) is 4.56. The topological polar surface area (TPSA) is 56.8 Å². The minimum absolute atomic E-state index is 0.0130. The quantitative estimate of drug-likeness (QED) is 0.876. The first-order valence-corrected chi connectivity index (χ1v) is 8.29. The van der Waals surface area contributed by atoms with E-state index in [1.54, 1.807) is 21.3 Å². The summed E-state index contributed by atoms with van der Waals surface area (Å²) in [5.74, 6) is 1.34. The lowest BCUT2D eigenvalue weighted by Gasteiger charge is -2.16. The number of aryl methyl sites for hydroxylation is 1. The van der Waals surface area contributed by atoms with Gasteiger partial charge in [0.05, 0.1) is 26.9 Å². The summed E-state index contributed by atoms with van der Waals surface area (Å²) in [6.07, 6.45) is 1.78. The van der Waals surface area contributed by atoms with Crippen LogP contribution < -0.4 is 14.8 Å². The molecule has 0 bridgehead atoms. The Kier molecular flexibility index (Phi) is 5.24. The summed E-state index contributed by atoms with van der Waals surface area (Å²) < 4.78 is 15.8. The van der Waals surface area contributed by atoms with Crippen molar-refractivity contribution in [2.24, 2.45) is 0 Å². The Bertz CT molecular complexity index is 755. The smallest absolute Gasteiger partial charge is 0.251 e. The van der Waals surface area contributed by atoms with E-state index in [0.717, 1.165) is 29.7 Å². The van der Waals surface area contributed by atoms with Gasteiger partial charge in [0.1, 0.15) is 0 Å². The molecule has 0 radical (unpaired) electrons. The Morgan fingerprint density at radius 3 is 2.40 bits per heavy atom. The zero-order chi connectivity index (χ0) is 17.8. The van der Waals surface area contributed by atoms with Crippen molar-refractivity contribution >= 4 is 5.91 Å². The average Bonchev–Trinajstić information content (AvgIpc) is 3.03. The summed E-state index contributed by atoms with van der Waals surface area (Å²) >= 11 is 0. The van der Waals surface area contributed by atoms with E-state index in [1.165, 1.54) is 5.56 Å². The maximum atomic E-state index is 12.6. The van der Waals surface area contributed by atoms with E-state index in [4.69, 9.17) is 14.2 Å². The number of benzene rings is 2. The summed E-state index contributed by atoms with van der Waals surface area (Å²) in [5, 5.41) is 3.13. The number of carbonyl (C=O) groups excluding carboxylic acids is 1.